The molecule has 24 heavy (non-hydrogen) atoms. The lowest BCUT2D eigenvalue weighted by Gasteiger charge is -2.23. The molecule has 0 aliphatic rings. The fraction of sp³-hybridized carbons (Fsp3) is 0.526. The van der Waals surface area contributed by atoms with Gasteiger partial charge in [-0.15, -0.1) is 0 Å². The molecule has 132 valence electrons. The summed E-state index contributed by atoms with van der Waals surface area (Å²) in [7, 11) is 0. The number of carbonyl (C=O) groups is 1. The molecule has 0 bridgehead atoms. The normalized spacial score (nSPS) is 13.0. The van der Waals surface area contributed by atoms with Crippen LogP contribution in [0.3, 0.4) is 0 Å². The standard InChI is InChI=1S/C19H27FN2O2/c1-5-6-7-15(24-18(23)22-19(2,3)4)10-13-12-21-17-9-8-14(20)11-16(13)17/h8-9,11-12,15,21H,5-7,10H2,1-4H3,(H,22,23)/t15-/m0/s1. The molecule has 1 atom stereocenters. The highest BCUT2D eigenvalue weighted by atomic mass is 19.1. The number of aromatic amines is 1. The van der Waals surface area contributed by atoms with Crippen LogP contribution in [0, 0.1) is 5.82 Å². The van der Waals surface area contributed by atoms with Crippen molar-refractivity contribution >= 4 is 17.0 Å². The molecule has 2 aromatic rings. The zero-order valence-electron chi connectivity index (χ0n) is 14.9. The first-order valence-corrected chi connectivity index (χ1v) is 8.53. The second kappa shape index (κ2) is 7.69. The van der Waals surface area contributed by atoms with Crippen LogP contribution in [0.15, 0.2) is 24.4 Å². The first-order chi connectivity index (χ1) is 11.3. The van der Waals surface area contributed by atoms with E-state index < -0.39 is 6.09 Å². The van der Waals surface area contributed by atoms with Crippen LogP contribution in [0.4, 0.5) is 9.18 Å². The number of carbonyl (C=O) groups excluding carboxylic acids is 1. The Hall–Kier alpha value is -2.04. The largest absolute Gasteiger partial charge is 0.446 e. The molecule has 0 unspecified atom stereocenters. The van der Waals surface area contributed by atoms with Crippen molar-refractivity contribution in [3.63, 3.8) is 0 Å². The maximum absolute atomic E-state index is 13.5. The number of fused-ring (bicyclic) bond motifs is 1. The van der Waals surface area contributed by atoms with Crippen molar-refractivity contribution < 1.29 is 13.9 Å². The van der Waals surface area contributed by atoms with Crippen LogP contribution in [-0.4, -0.2) is 22.7 Å². The van der Waals surface area contributed by atoms with Gasteiger partial charge in [0.15, 0.2) is 0 Å². The Morgan fingerprint density at radius 1 is 1.38 bits per heavy atom. The summed E-state index contributed by atoms with van der Waals surface area (Å²) in [5.41, 5.74) is 1.52. The predicted molar refractivity (Wildman–Crippen MR) is 94.6 cm³/mol. The summed E-state index contributed by atoms with van der Waals surface area (Å²) in [4.78, 5) is 15.2. The van der Waals surface area contributed by atoms with Gasteiger partial charge < -0.3 is 15.0 Å². The van der Waals surface area contributed by atoms with Crippen LogP contribution >= 0.6 is 0 Å². The SMILES string of the molecule is CCCC[C@@H](Cc1c[nH]c2ccc(F)cc12)OC(=O)NC(C)(C)C. The summed E-state index contributed by atoms with van der Waals surface area (Å²) >= 11 is 0. The van der Waals surface area contributed by atoms with E-state index >= 15 is 0 Å². The van der Waals surface area contributed by atoms with Gasteiger partial charge in [-0.05, 0) is 51.0 Å². The molecular formula is C19H27FN2O2. The van der Waals surface area contributed by atoms with Crippen molar-refractivity contribution in [3.05, 3.63) is 35.8 Å². The second-order valence-electron chi connectivity index (χ2n) is 7.25. The summed E-state index contributed by atoms with van der Waals surface area (Å²) in [5, 5.41) is 3.67. The van der Waals surface area contributed by atoms with Gasteiger partial charge in [0.25, 0.3) is 0 Å². The lowest BCUT2D eigenvalue weighted by atomic mass is 10.0. The number of halogens is 1. The van der Waals surface area contributed by atoms with E-state index in [4.69, 9.17) is 4.74 Å². The van der Waals surface area contributed by atoms with Crippen LogP contribution in [0.25, 0.3) is 10.9 Å². The Bertz CT molecular complexity index is 688. The van der Waals surface area contributed by atoms with E-state index in [0.29, 0.717) is 6.42 Å². The van der Waals surface area contributed by atoms with Gasteiger partial charge >= 0.3 is 6.09 Å². The number of nitrogens with one attached hydrogen (secondary N) is 2. The zero-order valence-corrected chi connectivity index (χ0v) is 14.9. The Balaban J connectivity index is 2.12. The summed E-state index contributed by atoms with van der Waals surface area (Å²) in [5.74, 6) is -0.264. The Labute approximate surface area is 142 Å². The minimum Gasteiger partial charge on any atom is -0.446 e. The fourth-order valence-corrected chi connectivity index (χ4v) is 2.69. The van der Waals surface area contributed by atoms with Gasteiger partial charge in [-0.3, -0.25) is 0 Å². The molecule has 1 heterocycles. The third-order valence-electron chi connectivity index (χ3n) is 3.81. The molecule has 0 fully saturated rings. The molecule has 2 rings (SSSR count). The minimum atomic E-state index is -0.408. The summed E-state index contributed by atoms with van der Waals surface area (Å²) < 4.78 is 19.1. The third kappa shape index (κ3) is 5.25. The van der Waals surface area contributed by atoms with E-state index in [0.717, 1.165) is 35.7 Å². The smallest absolute Gasteiger partial charge is 0.407 e. The number of hydrogen-bond acceptors (Lipinski definition) is 2. The van der Waals surface area contributed by atoms with Gasteiger partial charge in [-0.25, -0.2) is 9.18 Å². The van der Waals surface area contributed by atoms with Gasteiger partial charge in [0, 0.05) is 29.1 Å². The van der Waals surface area contributed by atoms with Crippen molar-refractivity contribution in [1.29, 1.82) is 0 Å². The van der Waals surface area contributed by atoms with Crippen LogP contribution in [0.5, 0.6) is 0 Å². The van der Waals surface area contributed by atoms with Crippen LogP contribution in [0.2, 0.25) is 0 Å². The average molecular weight is 334 g/mol. The number of unbranched alkanes of at least 4 members (excludes halogenated alkanes) is 1. The average Bonchev–Trinajstić information content (AvgIpc) is 2.85. The van der Waals surface area contributed by atoms with E-state index in [-0.39, 0.29) is 17.5 Å². The molecule has 4 nitrogen and oxygen atoms in total. The van der Waals surface area contributed by atoms with Crippen LogP contribution < -0.4 is 5.32 Å². The molecule has 0 saturated heterocycles. The van der Waals surface area contributed by atoms with Gasteiger partial charge in [0.2, 0.25) is 0 Å². The van der Waals surface area contributed by atoms with E-state index in [9.17, 15) is 9.18 Å². The molecule has 5 heteroatoms. The monoisotopic (exact) mass is 334 g/mol. The quantitative estimate of drug-likeness (QED) is 0.787. The molecule has 0 aliphatic heterocycles. The van der Waals surface area contributed by atoms with E-state index in [2.05, 4.69) is 17.2 Å². The van der Waals surface area contributed by atoms with Crippen molar-refractivity contribution in [2.75, 3.05) is 0 Å². The first-order valence-electron chi connectivity index (χ1n) is 8.53. The van der Waals surface area contributed by atoms with Gasteiger partial charge in [0.1, 0.15) is 11.9 Å². The molecule has 2 N–H and O–H groups in total. The predicted octanol–water partition coefficient (Wildman–Crippen LogP) is 4.93. The van der Waals surface area contributed by atoms with Gasteiger partial charge in [0.05, 0.1) is 0 Å². The van der Waals surface area contributed by atoms with Crippen molar-refractivity contribution in [1.82, 2.24) is 10.3 Å². The Kier molecular flexibility index (Phi) is 5.86. The van der Waals surface area contributed by atoms with Gasteiger partial charge in [-0.2, -0.15) is 0 Å². The van der Waals surface area contributed by atoms with E-state index in [1.807, 2.05) is 27.0 Å². The number of rotatable bonds is 6. The zero-order chi connectivity index (χ0) is 17.7. The highest BCUT2D eigenvalue weighted by molar-refractivity contribution is 5.83. The van der Waals surface area contributed by atoms with Crippen molar-refractivity contribution in [3.8, 4) is 0 Å². The topological polar surface area (TPSA) is 54.1 Å². The number of aromatic nitrogens is 1. The molecule has 1 aromatic heterocycles. The highest BCUT2D eigenvalue weighted by Crippen LogP contribution is 2.23. The number of hydrogen-bond donors (Lipinski definition) is 2. The lowest BCUT2D eigenvalue weighted by molar-refractivity contribution is 0.0854. The number of alkyl carbamates (subject to hydrolysis) is 1. The molecule has 1 aromatic carbocycles. The van der Waals surface area contributed by atoms with Gasteiger partial charge in [-0.1, -0.05) is 19.8 Å². The molecule has 0 radical (unpaired) electrons. The number of H-pyrrole nitrogens is 1. The van der Waals surface area contributed by atoms with Crippen LogP contribution in [-0.2, 0) is 11.2 Å². The molecule has 0 spiro atoms. The summed E-state index contributed by atoms with van der Waals surface area (Å²) in [6.07, 6.45) is 4.60. The van der Waals surface area contributed by atoms with E-state index in [1.165, 1.54) is 12.1 Å². The Morgan fingerprint density at radius 3 is 2.79 bits per heavy atom. The first kappa shape index (κ1) is 18.3. The summed E-state index contributed by atoms with van der Waals surface area (Å²) in [6.45, 7) is 7.85. The summed E-state index contributed by atoms with van der Waals surface area (Å²) in [6, 6.07) is 4.68. The number of benzene rings is 1. The van der Waals surface area contributed by atoms with E-state index in [1.54, 1.807) is 6.07 Å². The minimum absolute atomic E-state index is 0.227. The van der Waals surface area contributed by atoms with Crippen molar-refractivity contribution in [2.45, 2.75) is 65.0 Å². The number of ether oxygens (including phenoxy) is 1. The molecule has 0 saturated carbocycles. The second-order valence-corrected chi connectivity index (χ2v) is 7.25. The third-order valence-corrected chi connectivity index (χ3v) is 3.81. The molecule has 1 amide bonds. The fourth-order valence-electron chi connectivity index (χ4n) is 2.69. The maximum Gasteiger partial charge on any atom is 0.407 e. The molecular weight excluding hydrogens is 307 g/mol. The molecule has 0 aliphatic carbocycles. The lowest BCUT2D eigenvalue weighted by Crippen LogP contribution is -2.42. The number of amides is 1. The Morgan fingerprint density at radius 2 is 2.12 bits per heavy atom. The highest BCUT2D eigenvalue weighted by Gasteiger charge is 2.20. The van der Waals surface area contributed by atoms with Crippen LogP contribution in [0.1, 0.15) is 52.5 Å². The van der Waals surface area contributed by atoms with Crippen molar-refractivity contribution in [2.24, 2.45) is 0 Å². The maximum atomic E-state index is 13.5.